The standard InChI is InChI=1S/C18H29N5O/c1-12-19-16(21-20-12)14-8-22(4)9-18(14)10-23(11-18)15(24)5-13-6-17(2,3)7-13/h13-14H,5-11H2,1-4H3,(H,19,20,21). The minimum atomic E-state index is 0.151. The van der Waals surface area contributed by atoms with Gasteiger partial charge in [0.15, 0.2) is 5.82 Å². The monoisotopic (exact) mass is 331 g/mol. The largest absolute Gasteiger partial charge is 0.341 e. The van der Waals surface area contributed by atoms with E-state index in [0.717, 1.165) is 44.2 Å². The van der Waals surface area contributed by atoms with Gasteiger partial charge in [0, 0.05) is 43.9 Å². The zero-order valence-electron chi connectivity index (χ0n) is 15.3. The van der Waals surface area contributed by atoms with Crippen LogP contribution in [0.2, 0.25) is 0 Å². The fourth-order valence-corrected chi connectivity index (χ4v) is 5.32. The van der Waals surface area contributed by atoms with Crippen molar-refractivity contribution in [2.24, 2.45) is 16.7 Å². The van der Waals surface area contributed by atoms with E-state index in [4.69, 9.17) is 0 Å². The maximum absolute atomic E-state index is 12.6. The number of carbonyl (C=O) groups excluding carboxylic acids is 1. The van der Waals surface area contributed by atoms with Crippen LogP contribution in [0.5, 0.6) is 0 Å². The number of likely N-dealkylation sites (tertiary alicyclic amines) is 2. The van der Waals surface area contributed by atoms with Gasteiger partial charge >= 0.3 is 0 Å². The van der Waals surface area contributed by atoms with Crippen LogP contribution in [-0.2, 0) is 4.79 Å². The number of aromatic nitrogens is 3. The van der Waals surface area contributed by atoms with E-state index in [1.165, 1.54) is 12.8 Å². The van der Waals surface area contributed by atoms with Gasteiger partial charge in [0.2, 0.25) is 5.91 Å². The molecule has 6 nitrogen and oxygen atoms in total. The lowest BCUT2D eigenvalue weighted by Gasteiger charge is -2.51. The number of carbonyl (C=O) groups is 1. The number of likely N-dealkylation sites (N-methyl/N-ethyl adjacent to an activating group) is 1. The van der Waals surface area contributed by atoms with E-state index in [-0.39, 0.29) is 5.41 Å². The first-order valence-electron chi connectivity index (χ1n) is 9.12. The molecule has 1 spiro atoms. The smallest absolute Gasteiger partial charge is 0.222 e. The molecule has 3 heterocycles. The minimum absolute atomic E-state index is 0.151. The maximum Gasteiger partial charge on any atom is 0.222 e. The molecule has 132 valence electrons. The van der Waals surface area contributed by atoms with Crippen LogP contribution in [-0.4, -0.2) is 64.1 Å². The van der Waals surface area contributed by atoms with Gasteiger partial charge in [-0.15, -0.1) is 0 Å². The molecule has 3 aliphatic rings. The number of rotatable bonds is 3. The third-order valence-electron chi connectivity index (χ3n) is 6.25. The normalized spacial score (nSPS) is 28.8. The highest BCUT2D eigenvalue weighted by molar-refractivity contribution is 5.77. The second kappa shape index (κ2) is 5.28. The summed E-state index contributed by atoms with van der Waals surface area (Å²) in [5.74, 6) is 3.07. The topological polar surface area (TPSA) is 65.1 Å². The highest BCUT2D eigenvalue weighted by Gasteiger charge is 2.56. The van der Waals surface area contributed by atoms with Gasteiger partial charge in [-0.05, 0) is 38.1 Å². The maximum atomic E-state index is 12.6. The third-order valence-corrected chi connectivity index (χ3v) is 6.25. The molecule has 0 bridgehead atoms. The molecule has 2 aliphatic heterocycles. The van der Waals surface area contributed by atoms with Gasteiger partial charge in [0.05, 0.1) is 0 Å². The summed E-state index contributed by atoms with van der Waals surface area (Å²) >= 11 is 0. The summed E-state index contributed by atoms with van der Waals surface area (Å²) < 4.78 is 0. The number of aromatic amines is 1. The summed E-state index contributed by atoms with van der Waals surface area (Å²) in [6.07, 6.45) is 3.12. The Morgan fingerprint density at radius 2 is 2.00 bits per heavy atom. The fourth-order valence-electron chi connectivity index (χ4n) is 5.32. The molecule has 4 rings (SSSR count). The zero-order valence-corrected chi connectivity index (χ0v) is 15.3. The van der Waals surface area contributed by atoms with Crippen molar-refractivity contribution in [2.45, 2.75) is 46.0 Å². The molecule has 1 atom stereocenters. The number of hydrogen-bond acceptors (Lipinski definition) is 4. The molecule has 1 unspecified atom stereocenters. The van der Waals surface area contributed by atoms with Crippen molar-refractivity contribution in [3.8, 4) is 0 Å². The summed E-state index contributed by atoms with van der Waals surface area (Å²) in [6.45, 7) is 10.3. The summed E-state index contributed by atoms with van der Waals surface area (Å²) in [5.41, 5.74) is 0.599. The van der Waals surface area contributed by atoms with Crippen molar-refractivity contribution in [1.29, 1.82) is 0 Å². The van der Waals surface area contributed by atoms with Crippen LogP contribution in [0.15, 0.2) is 0 Å². The van der Waals surface area contributed by atoms with Gasteiger partial charge in [0.1, 0.15) is 5.82 Å². The van der Waals surface area contributed by atoms with Gasteiger partial charge in [-0.2, -0.15) is 5.10 Å². The molecule has 6 heteroatoms. The lowest BCUT2D eigenvalue weighted by molar-refractivity contribution is -0.146. The van der Waals surface area contributed by atoms with Crippen LogP contribution in [0.4, 0.5) is 0 Å². The lowest BCUT2D eigenvalue weighted by Crippen LogP contribution is -2.62. The van der Waals surface area contributed by atoms with E-state index < -0.39 is 0 Å². The Labute approximate surface area is 144 Å². The van der Waals surface area contributed by atoms with E-state index in [1.807, 2.05) is 6.92 Å². The third kappa shape index (κ3) is 2.65. The Bertz CT molecular complexity index is 638. The Hall–Kier alpha value is -1.43. The van der Waals surface area contributed by atoms with Crippen LogP contribution >= 0.6 is 0 Å². The van der Waals surface area contributed by atoms with Gasteiger partial charge < -0.3 is 9.80 Å². The minimum Gasteiger partial charge on any atom is -0.341 e. The predicted octanol–water partition coefficient (Wildman–Crippen LogP) is 1.80. The Kier molecular flexibility index (Phi) is 3.53. The average molecular weight is 331 g/mol. The zero-order chi connectivity index (χ0) is 17.1. The number of H-pyrrole nitrogens is 1. The summed E-state index contributed by atoms with van der Waals surface area (Å²) in [7, 11) is 2.15. The van der Waals surface area contributed by atoms with E-state index in [2.05, 4.69) is 45.9 Å². The van der Waals surface area contributed by atoms with E-state index in [9.17, 15) is 4.79 Å². The van der Waals surface area contributed by atoms with Crippen molar-refractivity contribution in [3.05, 3.63) is 11.6 Å². The van der Waals surface area contributed by atoms with Crippen molar-refractivity contribution in [3.63, 3.8) is 0 Å². The molecule has 2 saturated heterocycles. The molecular formula is C18H29N5O. The van der Waals surface area contributed by atoms with Gasteiger partial charge in [-0.25, -0.2) is 4.98 Å². The predicted molar refractivity (Wildman–Crippen MR) is 91.5 cm³/mol. The second-order valence-corrected chi connectivity index (χ2v) is 9.28. The first-order chi connectivity index (χ1) is 11.3. The van der Waals surface area contributed by atoms with E-state index in [1.54, 1.807) is 0 Å². The lowest BCUT2D eigenvalue weighted by atomic mass is 9.63. The number of nitrogens with zero attached hydrogens (tertiary/aromatic N) is 4. The van der Waals surface area contributed by atoms with Crippen LogP contribution < -0.4 is 0 Å². The molecule has 0 aromatic carbocycles. The fraction of sp³-hybridized carbons (Fsp3) is 0.833. The van der Waals surface area contributed by atoms with Gasteiger partial charge in [-0.3, -0.25) is 9.89 Å². The Morgan fingerprint density at radius 1 is 1.29 bits per heavy atom. The molecule has 1 amide bonds. The highest BCUT2D eigenvalue weighted by Crippen LogP contribution is 2.50. The molecule has 1 N–H and O–H groups in total. The molecule has 1 saturated carbocycles. The second-order valence-electron chi connectivity index (χ2n) is 9.28. The van der Waals surface area contributed by atoms with Gasteiger partial charge in [-0.1, -0.05) is 13.8 Å². The molecule has 1 aromatic heterocycles. The number of amides is 1. The summed E-state index contributed by atoms with van der Waals surface area (Å²) in [6, 6.07) is 0. The first-order valence-corrected chi connectivity index (χ1v) is 9.12. The highest BCUT2D eigenvalue weighted by atomic mass is 16.2. The molecule has 3 fully saturated rings. The van der Waals surface area contributed by atoms with Crippen LogP contribution in [0.1, 0.15) is 50.7 Å². The molecule has 1 aliphatic carbocycles. The van der Waals surface area contributed by atoms with E-state index >= 15 is 0 Å². The average Bonchev–Trinajstić information content (AvgIpc) is 2.98. The molecule has 0 radical (unpaired) electrons. The van der Waals surface area contributed by atoms with Crippen molar-refractivity contribution in [2.75, 3.05) is 33.2 Å². The summed E-state index contributed by atoms with van der Waals surface area (Å²) in [5, 5.41) is 7.37. The number of nitrogens with one attached hydrogen (secondary N) is 1. The molecular weight excluding hydrogens is 302 g/mol. The quantitative estimate of drug-likeness (QED) is 0.917. The first kappa shape index (κ1) is 16.1. The van der Waals surface area contributed by atoms with Crippen molar-refractivity contribution >= 4 is 5.91 Å². The van der Waals surface area contributed by atoms with Crippen molar-refractivity contribution < 1.29 is 4.79 Å². The Balaban J connectivity index is 1.38. The number of hydrogen-bond donors (Lipinski definition) is 1. The van der Waals surface area contributed by atoms with Crippen LogP contribution in [0, 0.1) is 23.7 Å². The van der Waals surface area contributed by atoms with Crippen molar-refractivity contribution in [1.82, 2.24) is 25.0 Å². The SMILES string of the molecule is Cc1nc(C2CN(C)CC23CN(C(=O)CC2CC(C)(C)C2)C3)n[nH]1. The number of aryl methyl sites for hydroxylation is 1. The molecule has 1 aromatic rings. The molecule has 24 heavy (non-hydrogen) atoms. The van der Waals surface area contributed by atoms with Crippen LogP contribution in [0.3, 0.4) is 0 Å². The summed E-state index contributed by atoms with van der Waals surface area (Å²) in [4.78, 5) is 21.6. The van der Waals surface area contributed by atoms with Gasteiger partial charge in [0.25, 0.3) is 0 Å². The van der Waals surface area contributed by atoms with Crippen LogP contribution in [0.25, 0.3) is 0 Å². The Morgan fingerprint density at radius 3 is 2.58 bits per heavy atom. The van der Waals surface area contributed by atoms with E-state index in [0.29, 0.717) is 23.2 Å².